The summed E-state index contributed by atoms with van der Waals surface area (Å²) >= 11 is 0. The first-order valence-corrected chi connectivity index (χ1v) is 8.83. The minimum absolute atomic E-state index is 0.199. The lowest BCUT2D eigenvalue weighted by molar-refractivity contribution is 0.540. The summed E-state index contributed by atoms with van der Waals surface area (Å²) < 4.78 is 22.5. The molecule has 0 aliphatic rings. The average Bonchev–Trinajstić information content (AvgIpc) is 2.81. The molecule has 0 saturated heterocycles. The van der Waals surface area contributed by atoms with Crippen molar-refractivity contribution in [3.05, 3.63) is 34.4 Å². The molecular weight excluding hydrogens is 302 g/mol. The van der Waals surface area contributed by atoms with Gasteiger partial charge in [0.15, 0.2) is 15.7 Å². The number of tetrazole rings is 1. The van der Waals surface area contributed by atoms with Gasteiger partial charge in [0.1, 0.15) is 4.75 Å². The zero-order chi connectivity index (χ0) is 16.7. The zero-order valence-electron chi connectivity index (χ0n) is 13.7. The number of aromatic nitrogens is 5. The van der Waals surface area contributed by atoms with Gasteiger partial charge in [0.25, 0.3) is 0 Å². The van der Waals surface area contributed by atoms with Crippen molar-refractivity contribution in [2.75, 3.05) is 6.26 Å². The van der Waals surface area contributed by atoms with Gasteiger partial charge in [-0.1, -0.05) is 0 Å². The molecular formula is C14H21N5O2S. The summed E-state index contributed by atoms with van der Waals surface area (Å²) in [7, 11) is -3.33. The molecule has 2 rings (SSSR count). The van der Waals surface area contributed by atoms with Crippen molar-refractivity contribution < 1.29 is 8.42 Å². The molecule has 0 aliphatic carbocycles. The number of aryl methyl sites for hydroxylation is 3. The van der Waals surface area contributed by atoms with E-state index in [1.807, 2.05) is 26.8 Å². The van der Waals surface area contributed by atoms with Crippen LogP contribution in [-0.4, -0.2) is 39.9 Å². The smallest absolute Gasteiger partial charge is 0.195 e. The molecule has 2 aromatic heterocycles. The predicted molar refractivity (Wildman–Crippen MR) is 83.2 cm³/mol. The second-order valence-electron chi connectivity index (χ2n) is 6.07. The maximum Gasteiger partial charge on any atom is 0.195 e. The fourth-order valence-electron chi connectivity index (χ4n) is 2.15. The summed E-state index contributed by atoms with van der Waals surface area (Å²) in [5, 5.41) is 12.1. The second-order valence-corrected chi connectivity index (χ2v) is 8.64. The van der Waals surface area contributed by atoms with Crippen LogP contribution in [0.2, 0.25) is 0 Å². The summed E-state index contributed by atoms with van der Waals surface area (Å²) in [6, 6.07) is 2.00. The molecule has 0 N–H and O–H groups in total. The van der Waals surface area contributed by atoms with E-state index < -0.39 is 14.6 Å². The van der Waals surface area contributed by atoms with Gasteiger partial charge in [-0.25, -0.2) is 8.42 Å². The Morgan fingerprint density at radius 1 is 1.23 bits per heavy atom. The molecule has 0 aliphatic heterocycles. The highest BCUT2D eigenvalue weighted by atomic mass is 32.2. The van der Waals surface area contributed by atoms with Crippen molar-refractivity contribution in [3.63, 3.8) is 0 Å². The van der Waals surface area contributed by atoms with Gasteiger partial charge in [0.05, 0.1) is 6.54 Å². The van der Waals surface area contributed by atoms with E-state index in [4.69, 9.17) is 0 Å². The Hall–Kier alpha value is -1.83. The highest BCUT2D eigenvalue weighted by Gasteiger charge is 2.37. The average molecular weight is 323 g/mol. The molecule has 0 atom stereocenters. The van der Waals surface area contributed by atoms with Crippen molar-refractivity contribution in [2.24, 2.45) is 0 Å². The van der Waals surface area contributed by atoms with Gasteiger partial charge in [0.2, 0.25) is 0 Å². The lowest BCUT2D eigenvalue weighted by Crippen LogP contribution is -2.29. The summed E-state index contributed by atoms with van der Waals surface area (Å²) in [5.74, 6) is 0.199. The molecule has 0 fully saturated rings. The zero-order valence-corrected chi connectivity index (χ0v) is 14.6. The molecule has 120 valence electrons. The standard InChI is InChI=1S/C14H21N5O2S/c1-9-7-10(2)15-11(3)12(9)8-19-17-13(16-18-19)14(4,5)22(6,20)21/h7H,8H2,1-6H3. The van der Waals surface area contributed by atoms with Crippen LogP contribution in [0.3, 0.4) is 0 Å². The summed E-state index contributed by atoms with van der Waals surface area (Å²) in [4.78, 5) is 5.85. The maximum atomic E-state index is 11.8. The van der Waals surface area contributed by atoms with Crippen molar-refractivity contribution in [1.82, 2.24) is 25.2 Å². The molecule has 8 heteroatoms. The third kappa shape index (κ3) is 3.01. The molecule has 0 bridgehead atoms. The Morgan fingerprint density at radius 2 is 1.86 bits per heavy atom. The van der Waals surface area contributed by atoms with E-state index in [0.717, 1.165) is 22.5 Å². The Balaban J connectivity index is 2.35. The second kappa shape index (κ2) is 5.42. The third-order valence-corrected chi connectivity index (χ3v) is 5.94. The van der Waals surface area contributed by atoms with Crippen LogP contribution in [0.1, 0.15) is 42.2 Å². The molecule has 0 radical (unpaired) electrons. The van der Waals surface area contributed by atoms with Gasteiger partial charge >= 0.3 is 0 Å². The van der Waals surface area contributed by atoms with Crippen LogP contribution in [-0.2, 0) is 21.1 Å². The van der Waals surface area contributed by atoms with E-state index in [1.54, 1.807) is 13.8 Å². The Labute approximate surface area is 130 Å². The first-order chi connectivity index (χ1) is 10.0. The summed E-state index contributed by atoms with van der Waals surface area (Å²) in [5.41, 5.74) is 4.00. The van der Waals surface area contributed by atoms with Gasteiger partial charge < -0.3 is 0 Å². The van der Waals surface area contributed by atoms with E-state index in [9.17, 15) is 8.42 Å². The van der Waals surface area contributed by atoms with Gasteiger partial charge in [-0.2, -0.15) is 4.80 Å². The minimum atomic E-state index is -3.33. The topological polar surface area (TPSA) is 90.6 Å². The lowest BCUT2D eigenvalue weighted by Gasteiger charge is -2.17. The molecule has 0 saturated carbocycles. The predicted octanol–water partition coefficient (Wildman–Crippen LogP) is 1.32. The Kier molecular flexibility index (Phi) is 4.08. The minimum Gasteiger partial charge on any atom is -0.258 e. The van der Waals surface area contributed by atoms with Crippen LogP contribution < -0.4 is 0 Å². The fraction of sp³-hybridized carbons (Fsp3) is 0.571. The largest absolute Gasteiger partial charge is 0.258 e. The quantitative estimate of drug-likeness (QED) is 0.843. The van der Waals surface area contributed by atoms with Gasteiger partial charge in [-0.15, -0.1) is 10.2 Å². The Morgan fingerprint density at radius 3 is 2.41 bits per heavy atom. The van der Waals surface area contributed by atoms with Crippen molar-refractivity contribution in [3.8, 4) is 0 Å². The summed E-state index contributed by atoms with van der Waals surface area (Å²) in [6.07, 6.45) is 1.17. The van der Waals surface area contributed by atoms with Gasteiger partial charge in [-0.3, -0.25) is 4.98 Å². The number of hydrogen-bond acceptors (Lipinski definition) is 6. The van der Waals surface area contributed by atoms with Crippen LogP contribution in [0.5, 0.6) is 0 Å². The van der Waals surface area contributed by atoms with E-state index in [-0.39, 0.29) is 5.82 Å². The van der Waals surface area contributed by atoms with Crippen LogP contribution in [0.4, 0.5) is 0 Å². The molecule has 2 aromatic rings. The maximum absolute atomic E-state index is 11.8. The first-order valence-electron chi connectivity index (χ1n) is 6.94. The number of hydrogen-bond donors (Lipinski definition) is 0. The molecule has 0 aromatic carbocycles. The van der Waals surface area contributed by atoms with Gasteiger partial charge in [-0.05, 0) is 57.0 Å². The lowest BCUT2D eigenvalue weighted by atomic mass is 10.1. The van der Waals surface area contributed by atoms with Crippen LogP contribution in [0.25, 0.3) is 0 Å². The fourth-order valence-corrected chi connectivity index (χ4v) is 2.56. The molecule has 0 spiro atoms. The van der Waals surface area contributed by atoms with E-state index in [1.165, 1.54) is 11.1 Å². The highest BCUT2D eigenvalue weighted by molar-refractivity contribution is 7.91. The first kappa shape index (κ1) is 16.5. The molecule has 0 unspecified atom stereocenters. The van der Waals surface area contributed by atoms with Crippen molar-refractivity contribution >= 4 is 9.84 Å². The number of nitrogens with zero attached hydrogens (tertiary/aromatic N) is 5. The SMILES string of the molecule is Cc1cc(C)c(Cn2nnc(C(C)(C)S(C)(=O)=O)n2)c(C)n1. The monoisotopic (exact) mass is 323 g/mol. The van der Waals surface area contributed by atoms with Crippen molar-refractivity contribution in [1.29, 1.82) is 0 Å². The van der Waals surface area contributed by atoms with Crippen LogP contribution >= 0.6 is 0 Å². The van der Waals surface area contributed by atoms with E-state index in [2.05, 4.69) is 20.4 Å². The normalized spacial score (nSPS) is 12.6. The Bertz CT molecular complexity index is 785. The third-order valence-electron chi connectivity index (χ3n) is 3.90. The molecule has 22 heavy (non-hydrogen) atoms. The van der Waals surface area contributed by atoms with E-state index >= 15 is 0 Å². The number of rotatable bonds is 4. The van der Waals surface area contributed by atoms with Gasteiger partial charge in [0, 0.05) is 17.6 Å². The number of sulfone groups is 1. The van der Waals surface area contributed by atoms with E-state index in [0.29, 0.717) is 6.54 Å². The molecule has 2 heterocycles. The summed E-state index contributed by atoms with van der Waals surface area (Å²) in [6.45, 7) is 9.46. The molecule has 7 nitrogen and oxygen atoms in total. The van der Waals surface area contributed by atoms with Crippen LogP contribution in [0.15, 0.2) is 6.07 Å². The van der Waals surface area contributed by atoms with Crippen LogP contribution in [0, 0.1) is 20.8 Å². The molecule has 0 amide bonds. The van der Waals surface area contributed by atoms with Crippen molar-refractivity contribution in [2.45, 2.75) is 45.9 Å². The number of pyridine rings is 1. The highest BCUT2D eigenvalue weighted by Crippen LogP contribution is 2.25.